The number of ether oxygens (including phenoxy) is 1. The van der Waals surface area contributed by atoms with Gasteiger partial charge < -0.3 is 15.2 Å². The highest BCUT2D eigenvalue weighted by molar-refractivity contribution is 6.33. The van der Waals surface area contributed by atoms with Crippen LogP contribution in [0.5, 0.6) is 0 Å². The first-order valence-corrected chi connectivity index (χ1v) is 6.29. The van der Waals surface area contributed by atoms with E-state index in [1.165, 1.54) is 6.08 Å². The van der Waals surface area contributed by atoms with Crippen molar-refractivity contribution < 1.29 is 14.6 Å². The molecule has 6 heteroatoms. The van der Waals surface area contributed by atoms with Crippen LogP contribution in [-0.2, 0) is 9.53 Å². The molecule has 1 aromatic heterocycles. The number of halogens is 1. The van der Waals surface area contributed by atoms with Crippen molar-refractivity contribution in [2.24, 2.45) is 0 Å². The first kappa shape index (κ1) is 15.5. The third-order valence-electron chi connectivity index (χ3n) is 2.13. The van der Waals surface area contributed by atoms with Crippen LogP contribution in [0.1, 0.15) is 19.4 Å². The van der Waals surface area contributed by atoms with Crippen LogP contribution in [0.25, 0.3) is 6.08 Å². The Kier molecular flexibility index (Phi) is 6.32. The fourth-order valence-electron chi connectivity index (χ4n) is 1.31. The number of aromatic nitrogens is 1. The molecule has 0 unspecified atom stereocenters. The number of hydrogen-bond acceptors (Lipinski definition) is 4. The van der Waals surface area contributed by atoms with Crippen LogP contribution in [0.4, 0.5) is 5.82 Å². The van der Waals surface area contributed by atoms with E-state index in [-0.39, 0.29) is 6.10 Å². The molecule has 0 saturated carbocycles. The van der Waals surface area contributed by atoms with Crippen molar-refractivity contribution in [1.82, 2.24) is 4.98 Å². The van der Waals surface area contributed by atoms with Gasteiger partial charge >= 0.3 is 5.97 Å². The van der Waals surface area contributed by atoms with E-state index in [1.807, 2.05) is 13.8 Å². The molecular formula is C13H17ClN2O3. The van der Waals surface area contributed by atoms with Crippen molar-refractivity contribution in [2.75, 3.05) is 18.5 Å². The maximum Gasteiger partial charge on any atom is 0.328 e. The number of carbonyl (C=O) groups is 1. The summed E-state index contributed by atoms with van der Waals surface area (Å²) in [4.78, 5) is 14.5. The van der Waals surface area contributed by atoms with Gasteiger partial charge in [-0.1, -0.05) is 11.6 Å². The van der Waals surface area contributed by atoms with Gasteiger partial charge in [0.2, 0.25) is 0 Å². The molecule has 0 saturated heterocycles. The lowest BCUT2D eigenvalue weighted by atomic mass is 10.2. The van der Waals surface area contributed by atoms with Gasteiger partial charge in [-0.3, -0.25) is 0 Å². The molecule has 1 aromatic rings. The van der Waals surface area contributed by atoms with Crippen LogP contribution in [0.3, 0.4) is 0 Å². The first-order chi connectivity index (χ1) is 8.99. The second-order valence-corrected chi connectivity index (χ2v) is 4.52. The molecule has 5 nitrogen and oxygen atoms in total. The highest BCUT2D eigenvalue weighted by Crippen LogP contribution is 2.20. The molecule has 104 valence electrons. The molecule has 0 amide bonds. The lowest BCUT2D eigenvalue weighted by Crippen LogP contribution is -2.14. The van der Waals surface area contributed by atoms with Gasteiger partial charge in [0.15, 0.2) is 0 Å². The molecule has 0 aliphatic heterocycles. The van der Waals surface area contributed by atoms with Gasteiger partial charge in [0.25, 0.3) is 0 Å². The number of rotatable bonds is 7. The first-order valence-electron chi connectivity index (χ1n) is 5.91. The van der Waals surface area contributed by atoms with Crippen LogP contribution >= 0.6 is 11.6 Å². The van der Waals surface area contributed by atoms with E-state index in [0.717, 1.165) is 6.08 Å². The van der Waals surface area contributed by atoms with Crippen molar-refractivity contribution in [3.63, 3.8) is 0 Å². The van der Waals surface area contributed by atoms with Gasteiger partial charge in [0.1, 0.15) is 5.82 Å². The van der Waals surface area contributed by atoms with Crippen molar-refractivity contribution >= 4 is 29.5 Å². The van der Waals surface area contributed by atoms with Crippen LogP contribution < -0.4 is 5.32 Å². The second-order valence-electron chi connectivity index (χ2n) is 4.12. The molecule has 0 aromatic carbocycles. The summed E-state index contributed by atoms with van der Waals surface area (Å²) in [7, 11) is 0. The molecule has 0 bridgehead atoms. The Bertz CT molecular complexity index is 461. The fourth-order valence-corrected chi connectivity index (χ4v) is 1.55. The molecule has 1 heterocycles. The lowest BCUT2D eigenvalue weighted by molar-refractivity contribution is -0.131. The summed E-state index contributed by atoms with van der Waals surface area (Å²) < 4.78 is 5.38. The third kappa shape index (κ3) is 6.22. The van der Waals surface area contributed by atoms with Crippen molar-refractivity contribution in [2.45, 2.75) is 20.0 Å². The van der Waals surface area contributed by atoms with Crippen molar-refractivity contribution in [3.8, 4) is 0 Å². The van der Waals surface area contributed by atoms with Gasteiger partial charge in [-0.25, -0.2) is 9.78 Å². The summed E-state index contributed by atoms with van der Waals surface area (Å²) in [6.07, 6.45) is 4.22. The van der Waals surface area contributed by atoms with Gasteiger partial charge in [-0.2, -0.15) is 0 Å². The Morgan fingerprint density at radius 3 is 2.95 bits per heavy atom. The predicted octanol–water partition coefficient (Wildman–Crippen LogP) is 2.67. The third-order valence-corrected chi connectivity index (χ3v) is 2.41. The van der Waals surface area contributed by atoms with Gasteiger partial charge in [0, 0.05) is 18.8 Å². The van der Waals surface area contributed by atoms with Crippen LogP contribution in [0.15, 0.2) is 18.3 Å². The van der Waals surface area contributed by atoms with Crippen molar-refractivity contribution in [1.29, 1.82) is 0 Å². The average Bonchev–Trinajstić information content (AvgIpc) is 2.33. The minimum absolute atomic E-state index is 0.189. The Morgan fingerprint density at radius 1 is 1.63 bits per heavy atom. The van der Waals surface area contributed by atoms with E-state index >= 15 is 0 Å². The van der Waals surface area contributed by atoms with Gasteiger partial charge in [-0.15, -0.1) is 0 Å². The number of carboxylic acids is 1. The number of carboxylic acid groups (broad SMARTS) is 1. The number of nitrogens with zero attached hydrogens (tertiary/aromatic N) is 1. The molecule has 0 radical (unpaired) electrons. The molecule has 0 aliphatic carbocycles. The predicted molar refractivity (Wildman–Crippen MR) is 75.5 cm³/mol. The smallest absolute Gasteiger partial charge is 0.328 e. The standard InChI is InChI=1S/C13H17ClN2O3/c1-9(2)19-6-5-15-13-11(14)7-10(8-16-13)3-4-12(17)18/h3-4,7-9H,5-6H2,1-2H3,(H,15,16)(H,17,18)/b4-3+. The molecule has 1 rings (SSSR count). The highest BCUT2D eigenvalue weighted by Gasteiger charge is 2.02. The van der Waals surface area contributed by atoms with E-state index in [2.05, 4.69) is 10.3 Å². The molecule has 19 heavy (non-hydrogen) atoms. The monoisotopic (exact) mass is 284 g/mol. The zero-order valence-electron chi connectivity index (χ0n) is 10.9. The van der Waals surface area contributed by atoms with E-state index in [9.17, 15) is 4.79 Å². The maximum absolute atomic E-state index is 10.4. The minimum atomic E-state index is -1.01. The largest absolute Gasteiger partial charge is 0.478 e. The SMILES string of the molecule is CC(C)OCCNc1ncc(/C=C/C(=O)O)cc1Cl. The molecule has 0 fully saturated rings. The maximum atomic E-state index is 10.4. The summed E-state index contributed by atoms with van der Waals surface area (Å²) in [5, 5.41) is 12.0. The number of pyridine rings is 1. The quantitative estimate of drug-likeness (QED) is 0.595. The fraction of sp³-hybridized carbons (Fsp3) is 0.385. The number of nitrogens with one attached hydrogen (secondary N) is 1. The van der Waals surface area contributed by atoms with Crippen molar-refractivity contribution in [3.05, 3.63) is 28.9 Å². The number of hydrogen-bond donors (Lipinski definition) is 2. The Morgan fingerprint density at radius 2 is 2.37 bits per heavy atom. The second kappa shape index (κ2) is 7.76. The molecule has 0 spiro atoms. The highest BCUT2D eigenvalue weighted by atomic mass is 35.5. The summed E-state index contributed by atoms with van der Waals surface area (Å²) in [5.41, 5.74) is 0.636. The summed E-state index contributed by atoms with van der Waals surface area (Å²) >= 11 is 6.04. The van der Waals surface area contributed by atoms with Crippen LogP contribution in [0.2, 0.25) is 5.02 Å². The minimum Gasteiger partial charge on any atom is -0.478 e. The van der Waals surface area contributed by atoms with E-state index in [1.54, 1.807) is 12.3 Å². The molecular weight excluding hydrogens is 268 g/mol. The van der Waals surface area contributed by atoms with Crippen LogP contribution in [-0.4, -0.2) is 35.3 Å². The Balaban J connectivity index is 2.55. The Hall–Kier alpha value is -1.59. The van der Waals surface area contributed by atoms with Gasteiger partial charge in [0.05, 0.1) is 17.7 Å². The number of aliphatic carboxylic acids is 1. The normalized spacial score (nSPS) is 11.2. The molecule has 2 N–H and O–H groups in total. The zero-order chi connectivity index (χ0) is 14.3. The Labute approximate surface area is 117 Å². The lowest BCUT2D eigenvalue weighted by Gasteiger charge is -2.10. The average molecular weight is 285 g/mol. The molecule has 0 atom stereocenters. The summed E-state index contributed by atoms with van der Waals surface area (Å²) in [6, 6.07) is 1.65. The van der Waals surface area contributed by atoms with E-state index in [0.29, 0.717) is 29.6 Å². The van der Waals surface area contributed by atoms with E-state index in [4.69, 9.17) is 21.4 Å². The zero-order valence-corrected chi connectivity index (χ0v) is 11.6. The summed E-state index contributed by atoms with van der Waals surface area (Å²) in [6.45, 7) is 5.11. The van der Waals surface area contributed by atoms with Gasteiger partial charge in [-0.05, 0) is 31.6 Å². The number of anilines is 1. The molecule has 0 aliphatic rings. The summed E-state index contributed by atoms with van der Waals surface area (Å²) in [5.74, 6) is -0.453. The van der Waals surface area contributed by atoms with E-state index < -0.39 is 5.97 Å². The van der Waals surface area contributed by atoms with Crippen LogP contribution in [0, 0.1) is 0 Å². The topological polar surface area (TPSA) is 71.5 Å².